The predicted octanol–water partition coefficient (Wildman–Crippen LogP) is -3.40. The summed E-state index contributed by atoms with van der Waals surface area (Å²) in [4.78, 5) is 19.4. The Morgan fingerprint density at radius 3 is 1.09 bits per heavy atom. The minimum absolute atomic E-state index is 0. The van der Waals surface area contributed by atoms with Crippen molar-refractivity contribution in [1.29, 1.82) is 0 Å². The molecule has 0 rings (SSSR count). The largest absolute Gasteiger partial charge is 1.00 e. The second kappa shape index (κ2) is 5.00. The summed E-state index contributed by atoms with van der Waals surface area (Å²) in [6.45, 7) is 0. The number of hydrogen-bond acceptors (Lipinski definition) is 4. The van der Waals surface area contributed by atoms with Crippen molar-refractivity contribution in [3.05, 3.63) is 11.5 Å². The normalized spacial score (nSPS) is 10.9. The molecule has 0 aliphatic rings. The molecule has 0 amide bonds. The summed E-state index contributed by atoms with van der Waals surface area (Å²) in [7, 11) is 0. The van der Waals surface area contributed by atoms with Gasteiger partial charge in [0.05, 0.1) is 0 Å². The van der Waals surface area contributed by atoms with Crippen LogP contribution in [0.3, 0.4) is 0 Å². The molecule has 6 nitrogen and oxygen atoms in total. The van der Waals surface area contributed by atoms with Gasteiger partial charge in [-0.15, -0.1) is 0 Å². The number of carboxylic acid groups (broad SMARTS) is 2. The van der Waals surface area contributed by atoms with E-state index in [0.29, 0.717) is 0 Å². The zero-order valence-corrected chi connectivity index (χ0v) is 7.61. The maximum absolute atomic E-state index is 9.71. The van der Waals surface area contributed by atoms with Crippen LogP contribution in [0.25, 0.3) is 0 Å². The number of rotatable bonds is 2. The fourth-order valence-electron chi connectivity index (χ4n) is 0.203. The summed E-state index contributed by atoms with van der Waals surface area (Å²) >= 11 is 0. The van der Waals surface area contributed by atoms with E-state index in [9.17, 15) is 9.59 Å². The molecular formula is C4H5NaO6. The van der Waals surface area contributed by atoms with Crippen molar-refractivity contribution >= 4 is 11.9 Å². The summed E-state index contributed by atoms with van der Waals surface area (Å²) in [6, 6.07) is 0. The summed E-state index contributed by atoms with van der Waals surface area (Å²) in [5, 5.41) is 32.2. The van der Waals surface area contributed by atoms with Crippen molar-refractivity contribution in [1.82, 2.24) is 0 Å². The first kappa shape index (κ1) is 12.9. The minimum Gasteiger partial charge on any atom is -1.00 e. The van der Waals surface area contributed by atoms with E-state index in [-0.39, 0.29) is 31.0 Å². The van der Waals surface area contributed by atoms with Crippen LogP contribution in [0.1, 0.15) is 1.43 Å². The average Bonchev–Trinajstić information content (AvgIpc) is 1.84. The molecule has 0 aliphatic carbocycles. The van der Waals surface area contributed by atoms with E-state index in [0.717, 1.165) is 0 Å². The Labute approximate surface area is 84.5 Å². The van der Waals surface area contributed by atoms with Gasteiger partial charge >= 0.3 is 41.5 Å². The monoisotopic (exact) mass is 172 g/mol. The van der Waals surface area contributed by atoms with Crippen molar-refractivity contribution in [2.45, 2.75) is 0 Å². The van der Waals surface area contributed by atoms with Gasteiger partial charge in [0.1, 0.15) is 0 Å². The SMILES string of the molecule is O=C(O)C(O)=C(O)C(=O)O.[H-].[Na+]. The van der Waals surface area contributed by atoms with Crippen LogP contribution in [0.15, 0.2) is 11.5 Å². The molecule has 58 valence electrons. The van der Waals surface area contributed by atoms with Gasteiger partial charge in [0.2, 0.25) is 0 Å². The summed E-state index contributed by atoms with van der Waals surface area (Å²) in [5.41, 5.74) is 0. The molecule has 0 aliphatic heterocycles. The van der Waals surface area contributed by atoms with Gasteiger partial charge in [-0.25, -0.2) is 9.59 Å². The Kier molecular flexibility index (Phi) is 5.87. The fraction of sp³-hybridized carbons (Fsp3) is 0. The minimum atomic E-state index is -1.89. The third-order valence-electron chi connectivity index (χ3n) is 0.629. The molecule has 0 aromatic carbocycles. The molecule has 0 fully saturated rings. The number of aliphatic carboxylic acids is 2. The van der Waals surface area contributed by atoms with E-state index < -0.39 is 23.5 Å². The summed E-state index contributed by atoms with van der Waals surface area (Å²) in [6.07, 6.45) is 0. The van der Waals surface area contributed by atoms with Gasteiger partial charge in [0, 0.05) is 0 Å². The first-order valence-corrected chi connectivity index (χ1v) is 2.05. The van der Waals surface area contributed by atoms with Gasteiger partial charge in [0.15, 0.2) is 0 Å². The van der Waals surface area contributed by atoms with Crippen molar-refractivity contribution in [2.24, 2.45) is 0 Å². The van der Waals surface area contributed by atoms with Crippen molar-refractivity contribution in [2.75, 3.05) is 0 Å². The quantitative estimate of drug-likeness (QED) is 0.196. The molecule has 0 heterocycles. The molecule has 0 atom stereocenters. The Balaban J connectivity index is -0.000000405. The molecule has 11 heavy (non-hydrogen) atoms. The second-order valence-corrected chi connectivity index (χ2v) is 1.31. The van der Waals surface area contributed by atoms with Crippen LogP contribution in [0.5, 0.6) is 0 Å². The zero-order chi connectivity index (χ0) is 8.31. The standard InChI is InChI=1S/C4H4O6.Na.H/c5-1(3(7)8)2(6)4(9)10;;/h5-6H,(H,7,8)(H,9,10);;/q;+1;-1. The van der Waals surface area contributed by atoms with E-state index in [2.05, 4.69) is 0 Å². The van der Waals surface area contributed by atoms with Crippen molar-refractivity contribution in [3.63, 3.8) is 0 Å². The van der Waals surface area contributed by atoms with Crippen LogP contribution >= 0.6 is 0 Å². The van der Waals surface area contributed by atoms with Crippen LogP contribution in [0.2, 0.25) is 0 Å². The molecule has 0 unspecified atom stereocenters. The summed E-state index contributed by atoms with van der Waals surface area (Å²) in [5.74, 6) is -6.93. The first-order valence-electron chi connectivity index (χ1n) is 2.05. The fourth-order valence-corrected chi connectivity index (χ4v) is 0.203. The first-order chi connectivity index (χ1) is 4.46. The van der Waals surface area contributed by atoms with Gasteiger partial charge < -0.3 is 21.9 Å². The third kappa shape index (κ3) is 3.87. The molecule has 0 aromatic heterocycles. The van der Waals surface area contributed by atoms with Crippen molar-refractivity contribution in [3.8, 4) is 0 Å². The molecular weight excluding hydrogens is 167 g/mol. The van der Waals surface area contributed by atoms with Crippen LogP contribution in [-0.2, 0) is 9.59 Å². The van der Waals surface area contributed by atoms with E-state index in [1.165, 1.54) is 0 Å². The molecule has 0 bridgehead atoms. The Morgan fingerprint density at radius 1 is 0.818 bits per heavy atom. The van der Waals surface area contributed by atoms with Crippen LogP contribution in [0, 0.1) is 0 Å². The van der Waals surface area contributed by atoms with Crippen LogP contribution < -0.4 is 29.6 Å². The maximum atomic E-state index is 9.71. The van der Waals surface area contributed by atoms with Crippen LogP contribution in [-0.4, -0.2) is 32.4 Å². The molecule has 0 aromatic rings. The summed E-state index contributed by atoms with van der Waals surface area (Å²) < 4.78 is 0. The molecule has 0 saturated carbocycles. The second-order valence-electron chi connectivity index (χ2n) is 1.31. The number of carboxylic acids is 2. The number of carbonyl (C=O) groups is 2. The molecule has 0 saturated heterocycles. The smallest absolute Gasteiger partial charge is 1.00 e. The third-order valence-corrected chi connectivity index (χ3v) is 0.629. The topological polar surface area (TPSA) is 115 Å². The van der Waals surface area contributed by atoms with Gasteiger partial charge in [-0.3, -0.25) is 0 Å². The van der Waals surface area contributed by atoms with Gasteiger partial charge in [-0.2, -0.15) is 0 Å². The Hall–Kier alpha value is -0.720. The molecule has 0 spiro atoms. The van der Waals surface area contributed by atoms with E-state index in [1.54, 1.807) is 0 Å². The Morgan fingerprint density at radius 2 is 1.00 bits per heavy atom. The average molecular weight is 172 g/mol. The number of aliphatic hydroxyl groups excluding tert-OH is 2. The maximum Gasteiger partial charge on any atom is 1.00 e. The zero-order valence-electron chi connectivity index (χ0n) is 6.61. The van der Waals surface area contributed by atoms with Gasteiger partial charge in [-0.1, -0.05) is 0 Å². The van der Waals surface area contributed by atoms with Crippen LogP contribution in [0.4, 0.5) is 0 Å². The number of hydrogen-bond donors (Lipinski definition) is 4. The van der Waals surface area contributed by atoms with Crippen molar-refractivity contribution < 1.29 is 61.0 Å². The molecule has 7 heteroatoms. The van der Waals surface area contributed by atoms with E-state index in [1.807, 2.05) is 0 Å². The molecule has 4 N–H and O–H groups in total. The van der Waals surface area contributed by atoms with E-state index in [4.69, 9.17) is 20.4 Å². The van der Waals surface area contributed by atoms with Gasteiger partial charge in [-0.05, 0) is 0 Å². The Bertz CT molecular complexity index is 190. The van der Waals surface area contributed by atoms with Gasteiger partial charge in [0.25, 0.3) is 11.5 Å². The van der Waals surface area contributed by atoms with E-state index >= 15 is 0 Å². The number of aliphatic hydroxyl groups is 2. The predicted molar refractivity (Wildman–Crippen MR) is 28.7 cm³/mol. The molecule has 0 radical (unpaired) electrons.